The molecule has 8 nitrogen and oxygen atoms in total. The van der Waals surface area contributed by atoms with Gasteiger partial charge in [-0.3, -0.25) is 9.78 Å². The molecule has 1 fully saturated rings. The van der Waals surface area contributed by atoms with E-state index in [0.717, 1.165) is 16.7 Å². The van der Waals surface area contributed by atoms with Gasteiger partial charge in [-0.1, -0.05) is 29.1 Å². The standard InChI is InChI=1S/C19H15N5O3S/c25-16(11-28-19-21-14-5-1-2-6-15(14)26-19)24-9-13(10-24)18-22-17(23-27-18)12-4-3-7-20-8-12/h1-8,13H,9-11H2. The van der Waals surface area contributed by atoms with Gasteiger partial charge in [-0.25, -0.2) is 4.98 Å². The highest BCUT2D eigenvalue weighted by Crippen LogP contribution is 2.29. The van der Waals surface area contributed by atoms with Crippen LogP contribution in [-0.4, -0.2) is 49.8 Å². The molecule has 1 aromatic carbocycles. The molecule has 1 aliphatic rings. The van der Waals surface area contributed by atoms with Crippen LogP contribution in [-0.2, 0) is 4.79 Å². The predicted molar refractivity (Wildman–Crippen MR) is 102 cm³/mol. The summed E-state index contributed by atoms with van der Waals surface area (Å²) in [7, 11) is 0. The Morgan fingerprint density at radius 1 is 1.18 bits per heavy atom. The lowest BCUT2D eigenvalue weighted by atomic mass is 10.0. The van der Waals surface area contributed by atoms with E-state index in [2.05, 4.69) is 20.1 Å². The van der Waals surface area contributed by atoms with E-state index in [1.165, 1.54) is 11.8 Å². The molecule has 1 aliphatic heterocycles. The van der Waals surface area contributed by atoms with E-state index in [1.807, 2.05) is 36.4 Å². The third-order valence-corrected chi connectivity index (χ3v) is 5.35. The monoisotopic (exact) mass is 393 g/mol. The van der Waals surface area contributed by atoms with Gasteiger partial charge in [0.1, 0.15) is 5.52 Å². The fourth-order valence-corrected chi connectivity index (χ4v) is 3.72. The number of carbonyl (C=O) groups excluding carboxylic acids is 1. The normalized spacial score (nSPS) is 14.4. The molecule has 0 unspecified atom stereocenters. The summed E-state index contributed by atoms with van der Waals surface area (Å²) in [6.45, 7) is 1.14. The summed E-state index contributed by atoms with van der Waals surface area (Å²) in [5, 5.41) is 4.51. The third-order valence-electron chi connectivity index (χ3n) is 4.54. The molecule has 4 aromatic rings. The molecule has 5 rings (SSSR count). The smallest absolute Gasteiger partial charge is 0.257 e. The Kier molecular flexibility index (Phi) is 4.28. The highest BCUT2D eigenvalue weighted by molar-refractivity contribution is 7.99. The summed E-state index contributed by atoms with van der Waals surface area (Å²) in [5.74, 6) is 1.45. The first kappa shape index (κ1) is 16.9. The fourth-order valence-electron chi connectivity index (χ4n) is 2.98. The summed E-state index contributed by atoms with van der Waals surface area (Å²) in [6.07, 6.45) is 3.38. The fraction of sp³-hybridized carbons (Fsp3) is 0.211. The molecule has 0 aliphatic carbocycles. The van der Waals surface area contributed by atoms with Crippen molar-refractivity contribution in [2.24, 2.45) is 0 Å². The number of thioether (sulfide) groups is 1. The van der Waals surface area contributed by atoms with Crippen molar-refractivity contribution in [3.05, 3.63) is 54.7 Å². The van der Waals surface area contributed by atoms with Crippen LogP contribution in [0.1, 0.15) is 11.8 Å². The Hall–Kier alpha value is -3.20. The SMILES string of the molecule is O=C(CSc1nc2ccccc2o1)N1CC(c2nc(-c3cccnc3)no2)C1. The number of carbonyl (C=O) groups is 1. The number of pyridine rings is 1. The molecule has 0 saturated carbocycles. The van der Waals surface area contributed by atoms with Crippen LogP contribution < -0.4 is 0 Å². The van der Waals surface area contributed by atoms with Crippen molar-refractivity contribution in [2.75, 3.05) is 18.8 Å². The number of aromatic nitrogens is 4. The second kappa shape index (κ2) is 7.08. The van der Waals surface area contributed by atoms with E-state index in [9.17, 15) is 4.79 Å². The predicted octanol–water partition coefficient (Wildman–Crippen LogP) is 2.99. The van der Waals surface area contributed by atoms with Crippen molar-refractivity contribution in [3.8, 4) is 11.4 Å². The molecule has 0 atom stereocenters. The molecule has 0 radical (unpaired) electrons. The van der Waals surface area contributed by atoms with Gasteiger partial charge in [-0.05, 0) is 24.3 Å². The zero-order chi connectivity index (χ0) is 18.9. The number of rotatable bonds is 5. The average molecular weight is 393 g/mol. The summed E-state index contributed by atoms with van der Waals surface area (Å²) in [4.78, 5) is 27.0. The van der Waals surface area contributed by atoms with Gasteiger partial charge in [-0.15, -0.1) is 0 Å². The Labute approximate surface area is 164 Å². The molecule has 1 saturated heterocycles. The van der Waals surface area contributed by atoms with Gasteiger partial charge < -0.3 is 13.8 Å². The van der Waals surface area contributed by atoms with Crippen molar-refractivity contribution in [1.29, 1.82) is 0 Å². The molecular formula is C19H15N5O3S. The van der Waals surface area contributed by atoms with Crippen LogP contribution in [0.4, 0.5) is 0 Å². The number of fused-ring (bicyclic) bond motifs is 1. The van der Waals surface area contributed by atoms with Gasteiger partial charge in [0.25, 0.3) is 5.22 Å². The molecule has 28 heavy (non-hydrogen) atoms. The van der Waals surface area contributed by atoms with Crippen LogP contribution in [0.2, 0.25) is 0 Å². The van der Waals surface area contributed by atoms with E-state index in [1.54, 1.807) is 17.3 Å². The Balaban J connectivity index is 1.15. The lowest BCUT2D eigenvalue weighted by Crippen LogP contribution is -2.49. The Bertz CT molecular complexity index is 1090. The van der Waals surface area contributed by atoms with E-state index in [4.69, 9.17) is 8.94 Å². The van der Waals surface area contributed by atoms with E-state index in [-0.39, 0.29) is 17.6 Å². The maximum absolute atomic E-state index is 12.4. The molecule has 0 N–H and O–H groups in total. The maximum Gasteiger partial charge on any atom is 0.257 e. The summed E-state index contributed by atoms with van der Waals surface area (Å²) >= 11 is 1.30. The van der Waals surface area contributed by atoms with Crippen LogP contribution in [0.5, 0.6) is 0 Å². The first-order chi connectivity index (χ1) is 13.8. The first-order valence-electron chi connectivity index (χ1n) is 8.76. The number of amides is 1. The van der Waals surface area contributed by atoms with E-state index >= 15 is 0 Å². The number of likely N-dealkylation sites (tertiary alicyclic amines) is 1. The number of benzene rings is 1. The lowest BCUT2D eigenvalue weighted by Gasteiger charge is -2.36. The lowest BCUT2D eigenvalue weighted by molar-refractivity contribution is -0.133. The van der Waals surface area contributed by atoms with Crippen molar-refractivity contribution in [2.45, 2.75) is 11.1 Å². The zero-order valence-electron chi connectivity index (χ0n) is 14.7. The minimum atomic E-state index is 0.0375. The van der Waals surface area contributed by atoms with Gasteiger partial charge in [0, 0.05) is 31.0 Å². The quantitative estimate of drug-likeness (QED) is 0.477. The number of nitrogens with zero attached hydrogens (tertiary/aromatic N) is 5. The summed E-state index contributed by atoms with van der Waals surface area (Å²) in [5.41, 5.74) is 2.32. The number of hydrogen-bond acceptors (Lipinski definition) is 8. The Morgan fingerprint density at radius 3 is 2.89 bits per heavy atom. The van der Waals surface area contributed by atoms with Crippen molar-refractivity contribution in [3.63, 3.8) is 0 Å². The minimum absolute atomic E-state index is 0.0375. The summed E-state index contributed by atoms with van der Waals surface area (Å²) < 4.78 is 11.0. The molecular weight excluding hydrogens is 378 g/mol. The van der Waals surface area contributed by atoms with Crippen molar-refractivity contribution >= 4 is 28.8 Å². The molecule has 3 aromatic heterocycles. The molecule has 140 valence electrons. The van der Waals surface area contributed by atoms with Gasteiger partial charge >= 0.3 is 0 Å². The largest absolute Gasteiger partial charge is 0.431 e. The molecule has 0 bridgehead atoms. The maximum atomic E-state index is 12.4. The first-order valence-corrected chi connectivity index (χ1v) is 9.75. The molecule has 0 spiro atoms. The Morgan fingerprint density at radius 2 is 2.07 bits per heavy atom. The van der Waals surface area contributed by atoms with Crippen LogP contribution in [0, 0.1) is 0 Å². The minimum Gasteiger partial charge on any atom is -0.431 e. The highest BCUT2D eigenvalue weighted by atomic mass is 32.2. The number of hydrogen-bond donors (Lipinski definition) is 0. The zero-order valence-corrected chi connectivity index (χ0v) is 15.5. The van der Waals surface area contributed by atoms with Gasteiger partial charge in [-0.2, -0.15) is 4.98 Å². The second-order valence-corrected chi connectivity index (χ2v) is 7.36. The number of para-hydroxylation sites is 2. The highest BCUT2D eigenvalue weighted by Gasteiger charge is 2.35. The van der Waals surface area contributed by atoms with Crippen LogP contribution in [0.15, 0.2) is 63.0 Å². The van der Waals surface area contributed by atoms with Crippen LogP contribution in [0.3, 0.4) is 0 Å². The topological polar surface area (TPSA) is 98.2 Å². The second-order valence-electron chi connectivity index (χ2n) is 6.43. The van der Waals surface area contributed by atoms with Crippen molar-refractivity contribution < 1.29 is 13.7 Å². The molecule has 1 amide bonds. The van der Waals surface area contributed by atoms with E-state index in [0.29, 0.717) is 30.0 Å². The van der Waals surface area contributed by atoms with Crippen molar-refractivity contribution in [1.82, 2.24) is 25.0 Å². The van der Waals surface area contributed by atoms with Gasteiger partial charge in [0.05, 0.1) is 11.7 Å². The van der Waals surface area contributed by atoms with Gasteiger partial charge in [0.2, 0.25) is 17.6 Å². The third kappa shape index (κ3) is 3.24. The molecule has 4 heterocycles. The average Bonchev–Trinajstić information content (AvgIpc) is 3.33. The van der Waals surface area contributed by atoms with Gasteiger partial charge in [0.15, 0.2) is 5.58 Å². The van der Waals surface area contributed by atoms with Crippen LogP contribution >= 0.6 is 11.8 Å². The summed E-state index contributed by atoms with van der Waals surface area (Å²) in [6, 6.07) is 11.2. The number of oxazole rings is 1. The molecule has 9 heteroatoms. The van der Waals surface area contributed by atoms with Crippen LogP contribution in [0.25, 0.3) is 22.5 Å². The van der Waals surface area contributed by atoms with E-state index < -0.39 is 0 Å².